The van der Waals surface area contributed by atoms with Crippen LogP contribution >= 0.6 is 15.9 Å². The van der Waals surface area contributed by atoms with Gasteiger partial charge in [0.1, 0.15) is 5.75 Å². The molecule has 0 aliphatic carbocycles. The van der Waals surface area contributed by atoms with E-state index < -0.39 is 0 Å². The van der Waals surface area contributed by atoms with E-state index in [1.165, 1.54) is 22.3 Å². The minimum atomic E-state index is 0.108. The van der Waals surface area contributed by atoms with Crippen LogP contribution in [-0.2, 0) is 0 Å². The molecule has 0 heterocycles. The molecular weight excluding hydrogens is 326 g/mol. The second kappa shape index (κ2) is 6.63. The van der Waals surface area contributed by atoms with Gasteiger partial charge in [0.15, 0.2) is 0 Å². The van der Waals surface area contributed by atoms with E-state index in [-0.39, 0.29) is 6.04 Å². The number of halogens is 1. The van der Waals surface area contributed by atoms with Crippen molar-refractivity contribution in [3.05, 3.63) is 62.6 Å². The van der Waals surface area contributed by atoms with E-state index in [0.29, 0.717) is 0 Å². The number of rotatable bonds is 4. The topological polar surface area (TPSA) is 21.3 Å². The van der Waals surface area contributed by atoms with Crippen LogP contribution in [0.2, 0.25) is 0 Å². The van der Waals surface area contributed by atoms with Crippen molar-refractivity contribution in [2.45, 2.75) is 26.8 Å². The minimum Gasteiger partial charge on any atom is -0.496 e. The smallest absolute Gasteiger partial charge is 0.124 e. The molecule has 3 heteroatoms. The van der Waals surface area contributed by atoms with Crippen LogP contribution in [0.1, 0.15) is 33.9 Å². The lowest BCUT2D eigenvalue weighted by Crippen LogP contribution is -2.20. The van der Waals surface area contributed by atoms with E-state index in [2.05, 4.69) is 72.3 Å². The average molecular weight is 348 g/mol. The summed E-state index contributed by atoms with van der Waals surface area (Å²) in [4.78, 5) is 0. The zero-order valence-corrected chi connectivity index (χ0v) is 14.8. The highest BCUT2D eigenvalue weighted by atomic mass is 79.9. The number of benzene rings is 2. The van der Waals surface area contributed by atoms with Crippen LogP contribution in [0, 0.1) is 20.8 Å². The Morgan fingerprint density at radius 2 is 1.76 bits per heavy atom. The van der Waals surface area contributed by atoms with Gasteiger partial charge in [-0.25, -0.2) is 0 Å². The standard InChI is InChI=1S/C18H22BrNO/c1-11-7-6-8-14(13(11)3)18(20-4)15-10-16(19)12(2)9-17(15)21-5/h6-10,18,20H,1-5H3. The number of hydrogen-bond acceptors (Lipinski definition) is 2. The van der Waals surface area contributed by atoms with Crippen LogP contribution < -0.4 is 10.1 Å². The maximum Gasteiger partial charge on any atom is 0.124 e. The maximum absolute atomic E-state index is 5.59. The first-order chi connectivity index (χ1) is 9.99. The molecular formula is C18H22BrNO. The zero-order valence-electron chi connectivity index (χ0n) is 13.3. The van der Waals surface area contributed by atoms with Crippen LogP contribution in [0.25, 0.3) is 0 Å². The van der Waals surface area contributed by atoms with Gasteiger partial charge in [-0.2, -0.15) is 0 Å². The van der Waals surface area contributed by atoms with E-state index in [0.717, 1.165) is 15.8 Å². The number of aryl methyl sites for hydroxylation is 2. The third-order valence-electron chi connectivity index (χ3n) is 4.07. The summed E-state index contributed by atoms with van der Waals surface area (Å²) in [7, 11) is 3.71. The summed E-state index contributed by atoms with van der Waals surface area (Å²) in [5.41, 5.74) is 6.22. The fourth-order valence-electron chi connectivity index (χ4n) is 2.64. The highest BCUT2D eigenvalue weighted by Crippen LogP contribution is 2.35. The minimum absolute atomic E-state index is 0.108. The Hall–Kier alpha value is -1.32. The summed E-state index contributed by atoms with van der Waals surface area (Å²) in [6, 6.07) is 10.8. The summed E-state index contributed by atoms with van der Waals surface area (Å²) in [6.07, 6.45) is 0. The van der Waals surface area contributed by atoms with Gasteiger partial charge in [0.05, 0.1) is 13.2 Å². The van der Waals surface area contributed by atoms with Gasteiger partial charge in [0.2, 0.25) is 0 Å². The molecule has 112 valence electrons. The molecule has 0 radical (unpaired) electrons. The molecule has 0 spiro atoms. The number of hydrogen-bond donors (Lipinski definition) is 1. The molecule has 0 aliphatic heterocycles. The van der Waals surface area contributed by atoms with Crippen LogP contribution in [-0.4, -0.2) is 14.2 Å². The second-order valence-electron chi connectivity index (χ2n) is 5.35. The highest BCUT2D eigenvalue weighted by molar-refractivity contribution is 9.10. The monoisotopic (exact) mass is 347 g/mol. The van der Waals surface area contributed by atoms with Gasteiger partial charge in [-0.15, -0.1) is 0 Å². The SMILES string of the molecule is CNC(c1cc(Br)c(C)cc1OC)c1cccc(C)c1C. The molecule has 2 rings (SSSR count). The lowest BCUT2D eigenvalue weighted by Gasteiger charge is -2.23. The largest absolute Gasteiger partial charge is 0.496 e. The van der Waals surface area contributed by atoms with Gasteiger partial charge in [0, 0.05) is 10.0 Å². The summed E-state index contributed by atoms with van der Waals surface area (Å²) >= 11 is 3.63. The van der Waals surface area contributed by atoms with Gasteiger partial charge in [-0.1, -0.05) is 34.1 Å². The van der Waals surface area contributed by atoms with Crippen LogP contribution in [0.4, 0.5) is 0 Å². The van der Waals surface area contributed by atoms with Crippen molar-refractivity contribution in [1.82, 2.24) is 5.32 Å². The first-order valence-electron chi connectivity index (χ1n) is 7.07. The number of methoxy groups -OCH3 is 1. The predicted molar refractivity (Wildman–Crippen MR) is 92.2 cm³/mol. The van der Waals surface area contributed by atoms with Crippen molar-refractivity contribution in [3.8, 4) is 5.75 Å². The van der Waals surface area contributed by atoms with Crippen molar-refractivity contribution in [2.75, 3.05) is 14.2 Å². The molecule has 2 nitrogen and oxygen atoms in total. The van der Waals surface area contributed by atoms with Gasteiger partial charge in [0.25, 0.3) is 0 Å². The number of nitrogens with one attached hydrogen (secondary N) is 1. The summed E-state index contributed by atoms with van der Waals surface area (Å²) in [5, 5.41) is 3.42. The first kappa shape index (κ1) is 16.1. The third kappa shape index (κ3) is 3.14. The molecule has 0 saturated heterocycles. The Balaban J connectivity index is 2.61. The Kier molecular flexibility index (Phi) is 5.07. The van der Waals surface area contributed by atoms with Crippen LogP contribution in [0.5, 0.6) is 5.75 Å². The molecule has 0 bridgehead atoms. The lowest BCUT2D eigenvalue weighted by molar-refractivity contribution is 0.405. The van der Waals surface area contributed by atoms with Crippen molar-refractivity contribution in [1.29, 1.82) is 0 Å². The third-order valence-corrected chi connectivity index (χ3v) is 4.92. The Morgan fingerprint density at radius 1 is 1.05 bits per heavy atom. The molecule has 2 aromatic carbocycles. The lowest BCUT2D eigenvalue weighted by atomic mass is 9.92. The molecule has 0 aliphatic rings. The fourth-order valence-corrected chi connectivity index (χ4v) is 3.00. The van der Waals surface area contributed by atoms with E-state index in [4.69, 9.17) is 4.74 Å². The van der Waals surface area contributed by atoms with Gasteiger partial charge < -0.3 is 10.1 Å². The van der Waals surface area contributed by atoms with E-state index in [1.54, 1.807) is 7.11 Å². The van der Waals surface area contributed by atoms with E-state index in [9.17, 15) is 0 Å². The van der Waals surface area contributed by atoms with Gasteiger partial charge >= 0.3 is 0 Å². The number of ether oxygens (including phenoxy) is 1. The van der Waals surface area contributed by atoms with Gasteiger partial charge in [-0.3, -0.25) is 0 Å². The second-order valence-corrected chi connectivity index (χ2v) is 6.21. The van der Waals surface area contributed by atoms with Crippen LogP contribution in [0.15, 0.2) is 34.8 Å². The first-order valence-corrected chi connectivity index (χ1v) is 7.86. The molecule has 0 aromatic heterocycles. The molecule has 0 fully saturated rings. The highest BCUT2D eigenvalue weighted by Gasteiger charge is 2.20. The summed E-state index contributed by atoms with van der Waals surface area (Å²) in [5.74, 6) is 0.913. The molecule has 2 aromatic rings. The fraction of sp³-hybridized carbons (Fsp3) is 0.333. The predicted octanol–water partition coefficient (Wildman–Crippen LogP) is 4.69. The van der Waals surface area contributed by atoms with Crippen LogP contribution in [0.3, 0.4) is 0 Å². The summed E-state index contributed by atoms with van der Waals surface area (Å²) < 4.78 is 6.70. The normalized spacial score (nSPS) is 12.3. The van der Waals surface area contributed by atoms with Crippen molar-refractivity contribution < 1.29 is 4.74 Å². The molecule has 1 unspecified atom stereocenters. The molecule has 21 heavy (non-hydrogen) atoms. The van der Waals surface area contributed by atoms with E-state index in [1.807, 2.05) is 7.05 Å². The molecule has 1 atom stereocenters. The Morgan fingerprint density at radius 3 is 2.38 bits per heavy atom. The Labute approximate surface area is 135 Å². The van der Waals surface area contributed by atoms with Crippen molar-refractivity contribution in [2.24, 2.45) is 0 Å². The quantitative estimate of drug-likeness (QED) is 0.865. The van der Waals surface area contributed by atoms with E-state index >= 15 is 0 Å². The zero-order chi connectivity index (χ0) is 15.6. The average Bonchev–Trinajstić information content (AvgIpc) is 2.47. The Bertz CT molecular complexity index is 652. The summed E-state index contributed by atoms with van der Waals surface area (Å²) in [6.45, 7) is 6.39. The van der Waals surface area contributed by atoms with Crippen molar-refractivity contribution >= 4 is 15.9 Å². The molecule has 0 amide bonds. The molecule has 0 saturated carbocycles. The van der Waals surface area contributed by atoms with Crippen molar-refractivity contribution in [3.63, 3.8) is 0 Å². The van der Waals surface area contributed by atoms with Gasteiger partial charge in [-0.05, 0) is 62.2 Å². The molecule has 1 N–H and O–H groups in total. The maximum atomic E-state index is 5.59.